The van der Waals surface area contributed by atoms with Gasteiger partial charge in [-0.25, -0.2) is 0 Å². The number of carbonyl (C=O) groups is 1. The van der Waals surface area contributed by atoms with Gasteiger partial charge < -0.3 is 4.74 Å². The summed E-state index contributed by atoms with van der Waals surface area (Å²) in [6, 6.07) is 4.08. The van der Waals surface area contributed by atoms with Crippen LogP contribution in [-0.2, 0) is 16.1 Å². The molecule has 1 aromatic rings. The van der Waals surface area contributed by atoms with Crippen LogP contribution in [0.15, 0.2) is 17.5 Å². The second kappa shape index (κ2) is 4.77. The fourth-order valence-electron chi connectivity index (χ4n) is 1.24. The maximum atomic E-state index is 11.5. The summed E-state index contributed by atoms with van der Waals surface area (Å²) in [5.41, 5.74) is -0.585. The molecule has 1 heterocycles. The third-order valence-corrected chi connectivity index (χ3v) is 3.47. The van der Waals surface area contributed by atoms with Gasteiger partial charge in [0.2, 0.25) is 0 Å². The van der Waals surface area contributed by atoms with Gasteiger partial charge in [0.25, 0.3) is 0 Å². The molecule has 0 saturated heterocycles. The Morgan fingerprint density at radius 3 is 2.73 bits per heavy atom. The number of thiophene rings is 1. The van der Waals surface area contributed by atoms with E-state index in [1.165, 1.54) is 12.0 Å². The van der Waals surface area contributed by atoms with Crippen LogP contribution in [0.25, 0.3) is 0 Å². The fraction of sp³-hybridized carbons (Fsp3) is 0.545. The Kier molecular flexibility index (Phi) is 3.88. The van der Waals surface area contributed by atoms with Crippen molar-refractivity contribution in [3.63, 3.8) is 0 Å². The minimum atomic E-state index is -0.585. The minimum Gasteiger partial charge on any atom is -0.468 e. The highest BCUT2D eigenvalue weighted by atomic mass is 32.1. The van der Waals surface area contributed by atoms with Gasteiger partial charge in [-0.2, -0.15) is 0 Å². The van der Waals surface area contributed by atoms with Crippen LogP contribution in [0.5, 0.6) is 0 Å². The van der Waals surface area contributed by atoms with Crippen molar-refractivity contribution in [2.24, 2.45) is 0 Å². The van der Waals surface area contributed by atoms with Crippen LogP contribution in [-0.4, -0.2) is 30.6 Å². The average Bonchev–Trinajstić information content (AvgIpc) is 2.68. The zero-order valence-corrected chi connectivity index (χ0v) is 10.4. The van der Waals surface area contributed by atoms with Gasteiger partial charge in [-0.05, 0) is 32.3 Å². The first kappa shape index (κ1) is 12.2. The number of rotatable bonds is 4. The quantitative estimate of drug-likeness (QED) is 0.738. The van der Waals surface area contributed by atoms with Crippen molar-refractivity contribution in [2.75, 3.05) is 14.2 Å². The maximum Gasteiger partial charge on any atom is 0.325 e. The number of hydrogen-bond donors (Lipinski definition) is 0. The molecule has 0 aliphatic rings. The van der Waals surface area contributed by atoms with Gasteiger partial charge in [0.1, 0.15) is 5.54 Å². The number of esters is 1. The summed E-state index contributed by atoms with van der Waals surface area (Å²) >= 11 is 1.69. The number of methoxy groups -OCH3 is 1. The molecule has 0 bridgehead atoms. The molecule has 3 nitrogen and oxygen atoms in total. The van der Waals surface area contributed by atoms with Crippen LogP contribution >= 0.6 is 11.3 Å². The van der Waals surface area contributed by atoms with E-state index >= 15 is 0 Å². The van der Waals surface area contributed by atoms with E-state index in [4.69, 9.17) is 4.74 Å². The molecule has 0 atom stereocenters. The molecule has 0 fully saturated rings. The lowest BCUT2D eigenvalue weighted by atomic mass is 10.0. The number of carbonyl (C=O) groups excluding carboxylic acids is 1. The monoisotopic (exact) mass is 227 g/mol. The van der Waals surface area contributed by atoms with Crippen LogP contribution in [0, 0.1) is 0 Å². The Bertz CT molecular complexity index is 319. The van der Waals surface area contributed by atoms with Crippen LogP contribution in [0.4, 0.5) is 0 Å². The van der Waals surface area contributed by atoms with Crippen LogP contribution in [0.2, 0.25) is 0 Å². The van der Waals surface area contributed by atoms with Crippen molar-refractivity contribution in [3.8, 4) is 0 Å². The molecule has 0 aromatic carbocycles. The molecule has 0 amide bonds. The van der Waals surface area contributed by atoms with Gasteiger partial charge >= 0.3 is 5.97 Å². The SMILES string of the molecule is COC(=O)C(C)(C)N(C)Cc1cccs1. The highest BCUT2D eigenvalue weighted by Crippen LogP contribution is 2.19. The Morgan fingerprint density at radius 2 is 2.27 bits per heavy atom. The Morgan fingerprint density at radius 1 is 1.60 bits per heavy atom. The number of hydrogen-bond acceptors (Lipinski definition) is 4. The van der Waals surface area contributed by atoms with E-state index in [0.717, 1.165) is 6.54 Å². The van der Waals surface area contributed by atoms with Gasteiger partial charge in [-0.15, -0.1) is 11.3 Å². The summed E-state index contributed by atoms with van der Waals surface area (Å²) in [7, 11) is 3.35. The standard InChI is InChI=1S/C11H17NO2S/c1-11(2,10(13)14-4)12(3)8-9-6-5-7-15-9/h5-7H,8H2,1-4H3. The lowest BCUT2D eigenvalue weighted by Gasteiger charge is -2.32. The highest BCUT2D eigenvalue weighted by Gasteiger charge is 2.33. The van der Waals surface area contributed by atoms with Gasteiger partial charge in [-0.3, -0.25) is 9.69 Å². The summed E-state index contributed by atoms with van der Waals surface area (Å²) in [4.78, 5) is 14.8. The lowest BCUT2D eigenvalue weighted by Crippen LogP contribution is -2.47. The molecule has 0 aliphatic heterocycles. The van der Waals surface area contributed by atoms with E-state index in [0.29, 0.717) is 0 Å². The van der Waals surface area contributed by atoms with Crippen LogP contribution in [0.1, 0.15) is 18.7 Å². The van der Waals surface area contributed by atoms with Gasteiger partial charge in [0.15, 0.2) is 0 Å². The molecule has 15 heavy (non-hydrogen) atoms. The molecule has 0 spiro atoms. The summed E-state index contributed by atoms with van der Waals surface area (Å²) in [6.07, 6.45) is 0. The Balaban J connectivity index is 2.67. The van der Waals surface area contributed by atoms with Crippen molar-refractivity contribution in [2.45, 2.75) is 25.9 Å². The van der Waals surface area contributed by atoms with Crippen LogP contribution in [0.3, 0.4) is 0 Å². The van der Waals surface area contributed by atoms with Crippen molar-refractivity contribution in [1.82, 2.24) is 4.90 Å². The molecular formula is C11H17NO2S. The third-order valence-electron chi connectivity index (χ3n) is 2.61. The van der Waals surface area contributed by atoms with E-state index in [1.807, 2.05) is 37.2 Å². The van der Waals surface area contributed by atoms with Crippen molar-refractivity contribution in [3.05, 3.63) is 22.4 Å². The molecule has 0 N–H and O–H groups in total. The maximum absolute atomic E-state index is 11.5. The summed E-state index contributed by atoms with van der Waals surface area (Å²) in [5, 5.41) is 2.04. The molecular weight excluding hydrogens is 210 g/mol. The molecule has 4 heteroatoms. The minimum absolute atomic E-state index is 0.207. The highest BCUT2D eigenvalue weighted by molar-refractivity contribution is 7.09. The topological polar surface area (TPSA) is 29.5 Å². The first-order chi connectivity index (χ1) is 6.98. The van der Waals surface area contributed by atoms with E-state index in [9.17, 15) is 4.79 Å². The first-order valence-electron chi connectivity index (χ1n) is 4.80. The predicted octanol–water partition coefficient (Wildman–Crippen LogP) is 2.13. The van der Waals surface area contributed by atoms with Crippen molar-refractivity contribution < 1.29 is 9.53 Å². The van der Waals surface area contributed by atoms with E-state index in [1.54, 1.807) is 11.3 Å². The number of nitrogens with zero attached hydrogens (tertiary/aromatic N) is 1. The summed E-state index contributed by atoms with van der Waals surface area (Å²) < 4.78 is 4.78. The summed E-state index contributed by atoms with van der Waals surface area (Å²) in [5.74, 6) is -0.207. The molecule has 0 radical (unpaired) electrons. The molecule has 0 aliphatic carbocycles. The molecule has 1 rings (SSSR count). The Labute approximate surface area is 94.7 Å². The third kappa shape index (κ3) is 2.79. The number of ether oxygens (including phenoxy) is 1. The van der Waals surface area contributed by atoms with Crippen molar-refractivity contribution >= 4 is 17.3 Å². The summed E-state index contributed by atoms with van der Waals surface area (Å²) in [6.45, 7) is 4.50. The van der Waals surface area contributed by atoms with Gasteiger partial charge in [0.05, 0.1) is 7.11 Å². The molecule has 84 valence electrons. The average molecular weight is 227 g/mol. The van der Waals surface area contributed by atoms with Gasteiger partial charge in [-0.1, -0.05) is 6.07 Å². The normalized spacial score (nSPS) is 11.8. The number of likely N-dealkylation sites (N-methyl/N-ethyl adjacent to an activating group) is 1. The second-order valence-electron chi connectivity index (χ2n) is 3.99. The lowest BCUT2D eigenvalue weighted by molar-refractivity contribution is -0.152. The Hall–Kier alpha value is -0.870. The fourth-order valence-corrected chi connectivity index (χ4v) is 2.00. The van der Waals surface area contributed by atoms with E-state index < -0.39 is 5.54 Å². The molecule has 0 unspecified atom stereocenters. The zero-order valence-electron chi connectivity index (χ0n) is 9.61. The van der Waals surface area contributed by atoms with Crippen LogP contribution < -0.4 is 0 Å². The predicted molar refractivity (Wildman–Crippen MR) is 61.9 cm³/mol. The van der Waals surface area contributed by atoms with Crippen molar-refractivity contribution in [1.29, 1.82) is 0 Å². The largest absolute Gasteiger partial charge is 0.468 e. The van der Waals surface area contributed by atoms with E-state index in [-0.39, 0.29) is 5.97 Å². The molecule has 1 aromatic heterocycles. The smallest absolute Gasteiger partial charge is 0.325 e. The van der Waals surface area contributed by atoms with E-state index in [2.05, 4.69) is 6.07 Å². The molecule has 0 saturated carbocycles. The van der Waals surface area contributed by atoms with Gasteiger partial charge in [0, 0.05) is 11.4 Å². The first-order valence-corrected chi connectivity index (χ1v) is 5.68. The zero-order chi connectivity index (χ0) is 11.5. The second-order valence-corrected chi connectivity index (χ2v) is 5.02.